The van der Waals surface area contributed by atoms with Crippen LogP contribution < -0.4 is 0 Å². The molecule has 100 valence electrons. The third-order valence-electron chi connectivity index (χ3n) is 3.80. The van der Waals surface area contributed by atoms with Crippen LogP contribution in [-0.2, 0) is 0 Å². The number of hydrogen-bond acceptors (Lipinski definition) is 2. The van der Waals surface area contributed by atoms with Gasteiger partial charge in [0.05, 0.1) is 12.2 Å². The molecule has 18 heavy (non-hydrogen) atoms. The number of aromatic nitrogens is 4. The summed E-state index contributed by atoms with van der Waals surface area (Å²) in [7, 11) is 0. The predicted molar refractivity (Wildman–Crippen MR) is 74.8 cm³/mol. The monoisotopic (exact) mass is 248 g/mol. The zero-order valence-corrected chi connectivity index (χ0v) is 12.1. The molecule has 0 aliphatic heterocycles. The molecule has 4 nitrogen and oxygen atoms in total. The smallest absolute Gasteiger partial charge is 0.176 e. The van der Waals surface area contributed by atoms with E-state index in [1.807, 2.05) is 10.9 Å². The number of nitrogens with one attached hydrogen (secondary N) is 1. The average molecular weight is 248 g/mol. The molecule has 2 rings (SSSR count). The first-order chi connectivity index (χ1) is 8.54. The van der Waals surface area contributed by atoms with Gasteiger partial charge in [-0.2, -0.15) is 5.10 Å². The summed E-state index contributed by atoms with van der Waals surface area (Å²) in [5.41, 5.74) is 2.05. The molecule has 2 aromatic rings. The lowest BCUT2D eigenvalue weighted by atomic mass is 10.1. The molecule has 0 fully saturated rings. The summed E-state index contributed by atoms with van der Waals surface area (Å²) in [6.45, 7) is 11.1. The molecule has 2 heterocycles. The number of imidazole rings is 1. The van der Waals surface area contributed by atoms with Gasteiger partial charge in [-0.05, 0) is 19.3 Å². The second kappa shape index (κ2) is 5.12. The van der Waals surface area contributed by atoms with Crippen LogP contribution in [0.4, 0.5) is 0 Å². The van der Waals surface area contributed by atoms with Crippen LogP contribution in [0.25, 0.3) is 11.2 Å². The fourth-order valence-electron chi connectivity index (χ4n) is 2.22. The highest BCUT2D eigenvalue weighted by Gasteiger charge is 2.18. The summed E-state index contributed by atoms with van der Waals surface area (Å²) in [5, 5.41) is 4.45. The zero-order valence-electron chi connectivity index (χ0n) is 12.1. The van der Waals surface area contributed by atoms with Gasteiger partial charge in [-0.3, -0.25) is 0 Å². The van der Waals surface area contributed by atoms with Gasteiger partial charge in [0, 0.05) is 5.92 Å². The van der Waals surface area contributed by atoms with E-state index in [0.717, 1.165) is 17.0 Å². The van der Waals surface area contributed by atoms with Crippen LogP contribution in [0.1, 0.15) is 65.2 Å². The lowest BCUT2D eigenvalue weighted by Gasteiger charge is -2.15. The Morgan fingerprint density at radius 1 is 1.28 bits per heavy atom. The molecule has 0 bridgehead atoms. The van der Waals surface area contributed by atoms with Gasteiger partial charge in [0.15, 0.2) is 5.65 Å². The summed E-state index contributed by atoms with van der Waals surface area (Å²) in [6.07, 6.45) is 4.25. The zero-order chi connectivity index (χ0) is 13.3. The maximum absolute atomic E-state index is 4.74. The number of rotatable bonds is 5. The van der Waals surface area contributed by atoms with E-state index in [1.54, 1.807) is 0 Å². The van der Waals surface area contributed by atoms with Crippen LogP contribution in [-0.4, -0.2) is 19.7 Å². The maximum Gasteiger partial charge on any atom is 0.176 e. The van der Waals surface area contributed by atoms with Crippen molar-refractivity contribution in [3.05, 3.63) is 12.0 Å². The Bertz CT molecular complexity index is 509. The van der Waals surface area contributed by atoms with Gasteiger partial charge in [-0.1, -0.05) is 34.1 Å². The molecule has 0 amide bonds. The third kappa shape index (κ3) is 2.28. The first-order valence-corrected chi connectivity index (χ1v) is 6.97. The van der Waals surface area contributed by atoms with Crippen LogP contribution in [0, 0.1) is 5.92 Å². The van der Waals surface area contributed by atoms with Crippen LogP contribution in [0.5, 0.6) is 0 Å². The van der Waals surface area contributed by atoms with Crippen molar-refractivity contribution in [1.82, 2.24) is 19.7 Å². The summed E-state index contributed by atoms with van der Waals surface area (Å²) >= 11 is 0. The molecule has 0 saturated carbocycles. The van der Waals surface area contributed by atoms with E-state index in [4.69, 9.17) is 4.98 Å². The Labute approximate surface area is 109 Å². The van der Waals surface area contributed by atoms with Crippen molar-refractivity contribution in [2.45, 2.75) is 59.4 Å². The molecule has 0 aliphatic rings. The van der Waals surface area contributed by atoms with Crippen LogP contribution in [0.2, 0.25) is 0 Å². The number of aromatic amines is 1. The highest BCUT2D eigenvalue weighted by Crippen LogP contribution is 2.24. The molecule has 1 N–H and O–H groups in total. The van der Waals surface area contributed by atoms with E-state index in [1.165, 1.54) is 12.8 Å². The van der Waals surface area contributed by atoms with E-state index in [0.29, 0.717) is 17.9 Å². The van der Waals surface area contributed by atoms with Crippen molar-refractivity contribution < 1.29 is 0 Å². The molecule has 2 atom stereocenters. The molecule has 4 heteroatoms. The van der Waals surface area contributed by atoms with Gasteiger partial charge in [0.1, 0.15) is 11.3 Å². The minimum absolute atomic E-state index is 0.375. The van der Waals surface area contributed by atoms with Crippen LogP contribution in [0.15, 0.2) is 6.20 Å². The summed E-state index contributed by atoms with van der Waals surface area (Å²) in [6, 6.07) is 0.375. The Kier molecular flexibility index (Phi) is 3.73. The highest BCUT2D eigenvalue weighted by molar-refractivity contribution is 5.70. The van der Waals surface area contributed by atoms with Gasteiger partial charge in [0.25, 0.3) is 0 Å². The topological polar surface area (TPSA) is 46.5 Å². The van der Waals surface area contributed by atoms with Crippen molar-refractivity contribution in [3.63, 3.8) is 0 Å². The molecule has 0 unspecified atom stereocenters. The maximum atomic E-state index is 4.74. The number of nitrogens with zero attached hydrogens (tertiary/aromatic N) is 3. The minimum Gasteiger partial charge on any atom is -0.339 e. The van der Waals surface area contributed by atoms with Crippen molar-refractivity contribution in [2.24, 2.45) is 5.92 Å². The standard InChI is InChI=1S/C14H24N4/c1-6-7-10(4)13-16-12-8-15-18(14(12)17-13)11(5)9(2)3/h8-11H,6-7H2,1-5H3,(H,16,17)/t10-,11+/m0/s1. The Morgan fingerprint density at radius 2 is 2.00 bits per heavy atom. The van der Waals surface area contributed by atoms with E-state index < -0.39 is 0 Å². The van der Waals surface area contributed by atoms with Crippen molar-refractivity contribution in [2.75, 3.05) is 0 Å². The minimum atomic E-state index is 0.375. The fourth-order valence-corrected chi connectivity index (χ4v) is 2.22. The van der Waals surface area contributed by atoms with E-state index in [9.17, 15) is 0 Å². The lowest BCUT2D eigenvalue weighted by Crippen LogP contribution is -2.13. The first-order valence-electron chi connectivity index (χ1n) is 6.97. The normalized spacial score (nSPS) is 15.4. The van der Waals surface area contributed by atoms with Crippen molar-refractivity contribution >= 4 is 11.2 Å². The van der Waals surface area contributed by atoms with Crippen molar-refractivity contribution in [1.29, 1.82) is 0 Å². The number of hydrogen-bond donors (Lipinski definition) is 1. The molecule has 2 aromatic heterocycles. The molecule has 0 spiro atoms. The van der Waals surface area contributed by atoms with E-state index >= 15 is 0 Å². The van der Waals surface area contributed by atoms with Gasteiger partial charge in [-0.15, -0.1) is 0 Å². The summed E-state index contributed by atoms with van der Waals surface area (Å²) in [4.78, 5) is 8.14. The van der Waals surface area contributed by atoms with Crippen molar-refractivity contribution in [3.8, 4) is 0 Å². The van der Waals surface area contributed by atoms with Gasteiger partial charge in [0.2, 0.25) is 0 Å². The number of H-pyrrole nitrogens is 1. The number of fused-ring (bicyclic) bond motifs is 1. The second-order valence-corrected chi connectivity index (χ2v) is 5.62. The summed E-state index contributed by atoms with van der Waals surface area (Å²) < 4.78 is 2.04. The van der Waals surface area contributed by atoms with E-state index in [-0.39, 0.29) is 0 Å². The lowest BCUT2D eigenvalue weighted by molar-refractivity contribution is 0.383. The van der Waals surface area contributed by atoms with Gasteiger partial charge < -0.3 is 4.98 Å². The second-order valence-electron chi connectivity index (χ2n) is 5.62. The Balaban J connectivity index is 2.35. The molecule has 0 saturated heterocycles. The average Bonchev–Trinajstić information content (AvgIpc) is 2.87. The van der Waals surface area contributed by atoms with Crippen LogP contribution in [0.3, 0.4) is 0 Å². The third-order valence-corrected chi connectivity index (χ3v) is 3.80. The predicted octanol–water partition coefficient (Wildman–Crippen LogP) is 3.88. The Morgan fingerprint density at radius 3 is 2.61 bits per heavy atom. The summed E-state index contributed by atoms with van der Waals surface area (Å²) in [5.74, 6) is 2.14. The quantitative estimate of drug-likeness (QED) is 0.872. The van der Waals surface area contributed by atoms with Gasteiger partial charge in [-0.25, -0.2) is 9.67 Å². The SMILES string of the molecule is CCC[C@H](C)c1nc2c(cnn2[C@H](C)C(C)C)[nH]1. The molecular formula is C14H24N4. The highest BCUT2D eigenvalue weighted by atomic mass is 15.3. The largest absolute Gasteiger partial charge is 0.339 e. The Hall–Kier alpha value is -1.32. The molecular weight excluding hydrogens is 224 g/mol. The molecule has 0 aromatic carbocycles. The molecule has 0 aliphatic carbocycles. The van der Waals surface area contributed by atoms with E-state index in [2.05, 4.69) is 44.7 Å². The first kappa shape index (κ1) is 13.1. The fraction of sp³-hybridized carbons (Fsp3) is 0.714. The van der Waals surface area contributed by atoms with Gasteiger partial charge >= 0.3 is 0 Å². The molecule has 0 radical (unpaired) electrons. The van der Waals surface area contributed by atoms with Crippen LogP contribution >= 0.6 is 0 Å².